The predicted molar refractivity (Wildman–Crippen MR) is 123 cm³/mol. The number of carbonyl (C=O) groups is 3. The zero-order valence-corrected chi connectivity index (χ0v) is 19.8. The Labute approximate surface area is 195 Å². The highest BCUT2D eigenvalue weighted by Crippen LogP contribution is 2.29. The number of rotatable bonds is 9. The van der Waals surface area contributed by atoms with E-state index in [0.29, 0.717) is 17.8 Å². The second-order valence-corrected chi connectivity index (χ2v) is 8.30. The van der Waals surface area contributed by atoms with Gasteiger partial charge in [-0.05, 0) is 18.6 Å². The van der Waals surface area contributed by atoms with E-state index in [4.69, 9.17) is 9.47 Å². The summed E-state index contributed by atoms with van der Waals surface area (Å²) in [7, 11) is 4.75. The molecule has 3 rings (SSSR count). The van der Waals surface area contributed by atoms with Crippen LogP contribution >= 0.6 is 0 Å². The fraction of sp³-hybridized carbons (Fsp3) is 0.542. The monoisotopic (exact) mass is 458 g/mol. The molecule has 1 fully saturated rings. The van der Waals surface area contributed by atoms with E-state index in [0.717, 1.165) is 30.6 Å². The van der Waals surface area contributed by atoms with Gasteiger partial charge in [-0.15, -0.1) is 0 Å². The topological polar surface area (TPSA) is 95.2 Å². The second-order valence-electron chi connectivity index (χ2n) is 8.30. The molecule has 0 spiro atoms. The third-order valence-electron chi connectivity index (χ3n) is 6.15. The van der Waals surface area contributed by atoms with E-state index in [9.17, 15) is 14.4 Å². The smallest absolute Gasteiger partial charge is 0.331 e. The van der Waals surface area contributed by atoms with Crippen molar-refractivity contribution in [2.24, 2.45) is 0 Å². The van der Waals surface area contributed by atoms with Crippen LogP contribution in [0.25, 0.3) is 0 Å². The number of piperazine rings is 1. The number of aromatic nitrogens is 1. The van der Waals surface area contributed by atoms with E-state index in [1.165, 1.54) is 4.90 Å². The molecule has 0 radical (unpaired) electrons. The maximum Gasteiger partial charge on any atom is 0.331 e. The van der Waals surface area contributed by atoms with Crippen molar-refractivity contribution in [1.82, 2.24) is 19.7 Å². The standard InChI is InChI=1S/C24H34N4O5/c1-5-6-7-8-13-27(19-14-18(32-3)9-10-20(19)33-4)24(31)28-16-21(29)26(2)22(23(28)30)17-11-12-25-15-17/h9-12,14-15,18,20,22,25H,5-8,13,16H2,1-4H3. The zero-order valence-electron chi connectivity index (χ0n) is 19.8. The van der Waals surface area contributed by atoms with Crippen molar-refractivity contribution in [2.45, 2.75) is 50.9 Å². The zero-order chi connectivity index (χ0) is 24.0. The number of aromatic amines is 1. The van der Waals surface area contributed by atoms with Gasteiger partial charge < -0.3 is 19.4 Å². The first kappa shape index (κ1) is 24.7. The van der Waals surface area contributed by atoms with Gasteiger partial charge in [-0.2, -0.15) is 0 Å². The molecule has 0 aromatic carbocycles. The van der Waals surface area contributed by atoms with Crippen molar-refractivity contribution >= 4 is 17.8 Å². The Kier molecular flexibility index (Phi) is 8.46. The summed E-state index contributed by atoms with van der Waals surface area (Å²) in [5.41, 5.74) is 1.25. The minimum atomic E-state index is -0.853. The molecule has 2 heterocycles. The Morgan fingerprint density at radius 2 is 1.97 bits per heavy atom. The molecule has 9 heteroatoms. The van der Waals surface area contributed by atoms with Gasteiger partial charge in [0, 0.05) is 45.8 Å². The summed E-state index contributed by atoms with van der Waals surface area (Å²) >= 11 is 0. The van der Waals surface area contributed by atoms with Crippen molar-refractivity contribution in [3.8, 4) is 0 Å². The first-order valence-corrected chi connectivity index (χ1v) is 11.4. The molecule has 180 valence electrons. The van der Waals surface area contributed by atoms with Crippen molar-refractivity contribution in [1.29, 1.82) is 0 Å². The number of H-pyrrole nitrogens is 1. The molecule has 1 N–H and O–H groups in total. The quantitative estimate of drug-likeness (QED) is 0.454. The van der Waals surface area contributed by atoms with Crippen LogP contribution in [0.3, 0.4) is 0 Å². The Hall–Kier alpha value is -2.91. The minimum absolute atomic E-state index is 0.296. The van der Waals surface area contributed by atoms with Crippen LogP contribution in [-0.4, -0.2) is 84.1 Å². The Balaban J connectivity index is 1.92. The van der Waals surface area contributed by atoms with Crippen LogP contribution in [0, 0.1) is 0 Å². The van der Waals surface area contributed by atoms with Gasteiger partial charge in [0.05, 0.1) is 11.8 Å². The number of imide groups is 1. The summed E-state index contributed by atoms with van der Waals surface area (Å²) in [4.78, 5) is 46.9. The van der Waals surface area contributed by atoms with Crippen LogP contribution in [0.1, 0.15) is 44.2 Å². The van der Waals surface area contributed by atoms with Crippen LogP contribution in [0.2, 0.25) is 0 Å². The summed E-state index contributed by atoms with van der Waals surface area (Å²) in [6.07, 6.45) is 12.0. The van der Waals surface area contributed by atoms with Crippen molar-refractivity contribution in [2.75, 3.05) is 34.4 Å². The maximum absolute atomic E-state index is 13.8. The fourth-order valence-electron chi connectivity index (χ4n) is 4.21. The van der Waals surface area contributed by atoms with E-state index in [-0.39, 0.29) is 18.6 Å². The highest BCUT2D eigenvalue weighted by molar-refractivity contribution is 6.05. The number of unbranched alkanes of at least 4 members (excludes halogenated alkanes) is 3. The average Bonchev–Trinajstić information content (AvgIpc) is 3.35. The molecule has 2 aliphatic rings. The highest BCUT2D eigenvalue weighted by atomic mass is 16.5. The molecule has 0 bridgehead atoms. The van der Waals surface area contributed by atoms with Crippen molar-refractivity contribution in [3.05, 3.63) is 47.9 Å². The Bertz CT molecular complexity index is 895. The van der Waals surface area contributed by atoms with Crippen LogP contribution < -0.4 is 0 Å². The third-order valence-corrected chi connectivity index (χ3v) is 6.15. The van der Waals surface area contributed by atoms with Crippen molar-refractivity contribution in [3.63, 3.8) is 0 Å². The minimum Gasteiger partial charge on any atom is -0.373 e. The average molecular weight is 459 g/mol. The summed E-state index contributed by atoms with van der Waals surface area (Å²) in [5, 5.41) is 0. The number of methoxy groups -OCH3 is 2. The SMILES string of the molecule is CCCCCCN(C(=O)N1CC(=O)N(C)C(c2cc[nH]c2)C1=O)C1=CC(OC)C=CC1OC. The molecule has 1 aromatic heterocycles. The molecule has 1 aliphatic heterocycles. The van der Waals surface area contributed by atoms with Gasteiger partial charge >= 0.3 is 6.03 Å². The highest BCUT2D eigenvalue weighted by Gasteiger charge is 2.43. The molecular formula is C24H34N4O5. The molecule has 33 heavy (non-hydrogen) atoms. The van der Waals surface area contributed by atoms with Gasteiger partial charge in [0.25, 0.3) is 5.91 Å². The molecule has 1 aliphatic carbocycles. The van der Waals surface area contributed by atoms with Crippen LogP contribution in [0.15, 0.2) is 42.4 Å². The molecule has 1 saturated heterocycles. The van der Waals surface area contributed by atoms with Crippen molar-refractivity contribution < 1.29 is 23.9 Å². The van der Waals surface area contributed by atoms with E-state index >= 15 is 0 Å². The summed E-state index contributed by atoms with van der Waals surface area (Å²) in [6.45, 7) is 2.24. The van der Waals surface area contributed by atoms with Gasteiger partial charge in [-0.3, -0.25) is 19.4 Å². The summed E-state index contributed by atoms with van der Waals surface area (Å²) in [5.74, 6) is -0.722. The number of nitrogens with zero attached hydrogens (tertiary/aromatic N) is 3. The number of hydrogen-bond donors (Lipinski definition) is 1. The van der Waals surface area contributed by atoms with E-state index < -0.39 is 24.1 Å². The lowest BCUT2D eigenvalue weighted by Crippen LogP contribution is -2.59. The van der Waals surface area contributed by atoms with Crippen LogP contribution in [-0.2, 0) is 19.1 Å². The number of likely N-dealkylation sites (N-methyl/N-ethyl adjacent to an activating group) is 1. The van der Waals surface area contributed by atoms with Crippen LogP contribution in [0.5, 0.6) is 0 Å². The third kappa shape index (κ3) is 5.36. The lowest BCUT2D eigenvalue weighted by Gasteiger charge is -2.40. The number of nitrogens with one attached hydrogen (secondary N) is 1. The number of hydrogen-bond acceptors (Lipinski definition) is 5. The summed E-state index contributed by atoms with van der Waals surface area (Å²) in [6, 6.07) is 0.368. The predicted octanol–water partition coefficient (Wildman–Crippen LogP) is 2.84. The molecular weight excluding hydrogens is 424 g/mol. The second kappa shape index (κ2) is 11.3. The molecule has 9 nitrogen and oxygen atoms in total. The first-order valence-electron chi connectivity index (χ1n) is 11.4. The largest absolute Gasteiger partial charge is 0.373 e. The molecule has 3 unspecified atom stereocenters. The molecule has 4 amide bonds. The molecule has 3 atom stereocenters. The Morgan fingerprint density at radius 1 is 1.18 bits per heavy atom. The van der Waals surface area contributed by atoms with Gasteiger partial charge in [0.2, 0.25) is 5.91 Å². The Morgan fingerprint density at radius 3 is 2.61 bits per heavy atom. The van der Waals surface area contributed by atoms with Crippen LogP contribution in [0.4, 0.5) is 4.79 Å². The molecule has 0 saturated carbocycles. The normalized spacial score (nSPS) is 23.2. The maximum atomic E-state index is 13.8. The van der Waals surface area contributed by atoms with Gasteiger partial charge in [0.1, 0.15) is 18.7 Å². The number of carbonyl (C=O) groups excluding carboxylic acids is 3. The number of urea groups is 1. The number of ether oxygens (including phenoxy) is 2. The van der Waals surface area contributed by atoms with E-state index in [1.54, 1.807) is 44.6 Å². The molecule has 1 aromatic rings. The first-order chi connectivity index (χ1) is 15.9. The summed E-state index contributed by atoms with van der Waals surface area (Å²) < 4.78 is 11.0. The lowest BCUT2D eigenvalue weighted by molar-refractivity contribution is -0.152. The fourth-order valence-corrected chi connectivity index (χ4v) is 4.21. The lowest BCUT2D eigenvalue weighted by atomic mass is 10.0. The van der Waals surface area contributed by atoms with Gasteiger partial charge in [-0.25, -0.2) is 4.79 Å². The van der Waals surface area contributed by atoms with Gasteiger partial charge in [0.15, 0.2) is 0 Å². The van der Waals surface area contributed by atoms with E-state index in [1.807, 2.05) is 18.2 Å². The van der Waals surface area contributed by atoms with Gasteiger partial charge in [-0.1, -0.05) is 38.3 Å². The number of amides is 4. The van der Waals surface area contributed by atoms with E-state index in [2.05, 4.69) is 11.9 Å².